The van der Waals surface area contributed by atoms with Gasteiger partial charge in [-0.15, -0.1) is 0 Å². The van der Waals surface area contributed by atoms with Gasteiger partial charge in [-0.2, -0.15) is 0 Å². The van der Waals surface area contributed by atoms with Gasteiger partial charge in [-0.1, -0.05) is 60.1 Å². The molecule has 6 fully saturated rings. The Labute approximate surface area is 334 Å². The number of allylic oxidation sites excluding steroid dienone is 2. The fraction of sp³-hybridized carbons (Fsp3) is 0.905. The first-order valence-corrected chi connectivity index (χ1v) is 20.9. The third-order valence-corrected chi connectivity index (χ3v) is 17.2. The van der Waals surface area contributed by atoms with Gasteiger partial charge in [0.05, 0.1) is 18.8 Å². The first kappa shape index (κ1) is 43.3. The van der Waals surface area contributed by atoms with Crippen LogP contribution < -0.4 is 0 Å². The molecule has 9 N–H and O–H groups in total. The second-order valence-electron chi connectivity index (χ2n) is 20.8. The molecular formula is C42H66O15. The van der Waals surface area contributed by atoms with Gasteiger partial charge in [-0.3, -0.25) is 4.79 Å². The molecule has 57 heavy (non-hydrogen) atoms. The van der Waals surface area contributed by atoms with Crippen LogP contribution in [0.25, 0.3) is 0 Å². The molecule has 4 saturated carbocycles. The highest BCUT2D eigenvalue weighted by molar-refractivity contribution is 5.77. The average Bonchev–Trinajstić information content (AvgIpc) is 3.12. The zero-order valence-corrected chi connectivity index (χ0v) is 34.3. The molecule has 0 spiro atoms. The molecule has 2 heterocycles. The third-order valence-electron chi connectivity index (χ3n) is 17.2. The minimum Gasteiger partial charge on any atom is -0.481 e. The minimum absolute atomic E-state index is 0.0498. The Balaban J connectivity index is 1.17. The molecule has 0 aromatic heterocycles. The molecule has 324 valence electrons. The minimum atomic E-state index is -1.96. The highest BCUT2D eigenvalue weighted by atomic mass is 16.8. The van der Waals surface area contributed by atoms with E-state index in [0.29, 0.717) is 25.7 Å². The van der Waals surface area contributed by atoms with Crippen molar-refractivity contribution in [2.24, 2.45) is 50.2 Å². The Bertz CT molecular complexity index is 1600. The van der Waals surface area contributed by atoms with Crippen molar-refractivity contribution in [3.63, 3.8) is 0 Å². The van der Waals surface area contributed by atoms with Crippen molar-refractivity contribution in [2.45, 2.75) is 180 Å². The molecule has 0 radical (unpaired) electrons. The van der Waals surface area contributed by atoms with Crippen molar-refractivity contribution in [3.05, 3.63) is 11.6 Å². The number of fused-ring (bicyclic) bond motifs is 7. The van der Waals surface area contributed by atoms with E-state index >= 15 is 0 Å². The lowest BCUT2D eigenvalue weighted by molar-refractivity contribution is -0.374. The Kier molecular flexibility index (Phi) is 11.0. The highest BCUT2D eigenvalue weighted by Crippen LogP contribution is 2.76. The number of aliphatic hydroxyl groups is 7. The summed E-state index contributed by atoms with van der Waals surface area (Å²) in [5, 5.41) is 95.8. The summed E-state index contributed by atoms with van der Waals surface area (Å²) >= 11 is 0. The summed E-state index contributed by atoms with van der Waals surface area (Å²) in [4.78, 5) is 25.3. The van der Waals surface area contributed by atoms with Gasteiger partial charge in [0, 0.05) is 0 Å². The summed E-state index contributed by atoms with van der Waals surface area (Å²) in [6.07, 6.45) is -10.5. The van der Waals surface area contributed by atoms with Crippen LogP contribution in [0.3, 0.4) is 0 Å². The van der Waals surface area contributed by atoms with Crippen LogP contribution in [0.1, 0.15) is 106 Å². The van der Waals surface area contributed by atoms with Crippen LogP contribution in [0, 0.1) is 50.2 Å². The molecule has 7 aliphatic rings. The van der Waals surface area contributed by atoms with E-state index in [-0.39, 0.29) is 34.0 Å². The fourth-order valence-corrected chi connectivity index (χ4v) is 13.7. The van der Waals surface area contributed by atoms with Gasteiger partial charge in [0.15, 0.2) is 18.7 Å². The normalized spacial score (nSPS) is 52.9. The first-order valence-electron chi connectivity index (χ1n) is 20.9. The predicted octanol–water partition coefficient (Wildman–Crippen LogP) is 1.95. The van der Waals surface area contributed by atoms with Crippen LogP contribution in [0.5, 0.6) is 0 Å². The van der Waals surface area contributed by atoms with E-state index in [4.69, 9.17) is 18.9 Å². The van der Waals surface area contributed by atoms with E-state index in [1.54, 1.807) is 0 Å². The Hall–Kier alpha value is -1.76. The molecule has 0 aromatic carbocycles. The topological polar surface area (TPSA) is 253 Å². The highest BCUT2D eigenvalue weighted by Gasteiger charge is 2.71. The lowest BCUT2D eigenvalue weighted by atomic mass is 9.33. The number of carbonyl (C=O) groups is 2. The molecule has 0 bridgehead atoms. The van der Waals surface area contributed by atoms with Crippen molar-refractivity contribution in [3.8, 4) is 0 Å². The molecule has 0 aromatic rings. The van der Waals surface area contributed by atoms with Crippen LogP contribution in [0.2, 0.25) is 0 Å². The summed E-state index contributed by atoms with van der Waals surface area (Å²) in [6, 6.07) is 0. The first-order chi connectivity index (χ1) is 26.4. The van der Waals surface area contributed by atoms with Crippen LogP contribution in [-0.4, -0.2) is 138 Å². The Morgan fingerprint density at radius 2 is 1.44 bits per heavy atom. The zero-order chi connectivity index (χ0) is 42.0. The lowest BCUT2D eigenvalue weighted by Crippen LogP contribution is -2.68. The number of aliphatic hydroxyl groups excluding tert-OH is 7. The second kappa shape index (κ2) is 14.4. The van der Waals surface area contributed by atoms with Crippen molar-refractivity contribution in [2.75, 3.05) is 6.61 Å². The molecule has 2 saturated heterocycles. The molecule has 7 rings (SSSR count). The number of rotatable bonds is 7. The van der Waals surface area contributed by atoms with E-state index in [2.05, 4.69) is 54.5 Å². The average molecular weight is 811 g/mol. The Morgan fingerprint density at radius 1 is 0.754 bits per heavy atom. The molecule has 19 unspecified atom stereocenters. The summed E-state index contributed by atoms with van der Waals surface area (Å²) in [5.41, 5.74) is -1.47. The van der Waals surface area contributed by atoms with Gasteiger partial charge in [0.25, 0.3) is 0 Å². The van der Waals surface area contributed by atoms with E-state index < -0.39 is 108 Å². The quantitative estimate of drug-likeness (QED) is 0.132. The van der Waals surface area contributed by atoms with E-state index in [1.165, 1.54) is 5.57 Å². The van der Waals surface area contributed by atoms with Gasteiger partial charge in [-0.05, 0) is 103 Å². The standard InChI is InChI=1S/C42H66O15/c1-37(2)14-15-42(36(52)53)20(16-37)19-8-9-23-39(5)12-11-25(38(3,4)22(39)10-13-40(23,6)41(19,7)17-24(42)44)55-35-32(29(48)28(47)31(56-35)33(50)51)57-34-30(49)27(46)26(45)21(18-43)54-34/h8,20-32,34-35,43-49H,9-18H2,1-7H3,(H,50,51)(H,52,53). The summed E-state index contributed by atoms with van der Waals surface area (Å²) < 4.78 is 23.9. The molecule has 2 aliphatic heterocycles. The van der Waals surface area contributed by atoms with Crippen molar-refractivity contribution < 1.29 is 74.5 Å². The maximum absolute atomic E-state index is 13.1. The van der Waals surface area contributed by atoms with Gasteiger partial charge < -0.3 is 64.9 Å². The molecule has 15 heteroatoms. The van der Waals surface area contributed by atoms with Crippen LogP contribution in [0.4, 0.5) is 0 Å². The smallest absolute Gasteiger partial charge is 0.335 e. The number of hydrogen-bond donors (Lipinski definition) is 9. The van der Waals surface area contributed by atoms with Crippen LogP contribution in [-0.2, 0) is 28.5 Å². The number of carboxylic acid groups (broad SMARTS) is 2. The molecule has 19 atom stereocenters. The third kappa shape index (κ3) is 6.30. The predicted molar refractivity (Wildman–Crippen MR) is 200 cm³/mol. The van der Waals surface area contributed by atoms with Crippen molar-refractivity contribution >= 4 is 11.9 Å². The van der Waals surface area contributed by atoms with Gasteiger partial charge in [0.2, 0.25) is 0 Å². The molecule has 15 nitrogen and oxygen atoms in total. The lowest BCUT2D eigenvalue weighted by Gasteiger charge is -2.71. The van der Waals surface area contributed by atoms with E-state index in [1.807, 2.05) is 0 Å². The summed E-state index contributed by atoms with van der Waals surface area (Å²) in [5.74, 6) is -2.40. The van der Waals surface area contributed by atoms with Crippen LogP contribution >= 0.6 is 0 Å². The monoisotopic (exact) mass is 810 g/mol. The van der Waals surface area contributed by atoms with Gasteiger partial charge in [-0.25, -0.2) is 4.79 Å². The number of aliphatic carboxylic acids is 2. The zero-order valence-electron chi connectivity index (χ0n) is 34.3. The maximum Gasteiger partial charge on any atom is 0.335 e. The maximum atomic E-state index is 13.1. The summed E-state index contributed by atoms with van der Waals surface area (Å²) in [7, 11) is 0. The SMILES string of the molecule is CC1(C)CCC2(C(=O)O)C(O)CC3(C)C(=CCC4C5(C)CCC(OC6OC(C(=O)O)C(O)C(O)C6OC6OC(CO)C(O)C(O)C6O)C(C)(C)C5CCC43C)C2C1. The number of ether oxygens (including phenoxy) is 4. The number of hydrogen-bond acceptors (Lipinski definition) is 13. The number of carboxylic acids is 2. The Morgan fingerprint density at radius 3 is 2.07 bits per heavy atom. The summed E-state index contributed by atoms with van der Waals surface area (Å²) in [6.45, 7) is 14.9. The van der Waals surface area contributed by atoms with Crippen LogP contribution in [0.15, 0.2) is 11.6 Å². The largest absolute Gasteiger partial charge is 0.481 e. The molecule has 0 amide bonds. The van der Waals surface area contributed by atoms with Crippen molar-refractivity contribution in [1.29, 1.82) is 0 Å². The molecular weight excluding hydrogens is 744 g/mol. The second-order valence-corrected chi connectivity index (χ2v) is 20.8. The van der Waals surface area contributed by atoms with Gasteiger partial charge in [0.1, 0.15) is 48.1 Å². The molecule has 5 aliphatic carbocycles. The van der Waals surface area contributed by atoms with Gasteiger partial charge >= 0.3 is 11.9 Å². The van der Waals surface area contributed by atoms with E-state index in [0.717, 1.165) is 32.1 Å². The fourth-order valence-electron chi connectivity index (χ4n) is 13.7. The van der Waals surface area contributed by atoms with E-state index in [9.17, 15) is 55.5 Å². The van der Waals surface area contributed by atoms with Crippen molar-refractivity contribution in [1.82, 2.24) is 0 Å².